The second kappa shape index (κ2) is 5.84. The number of nitrogens with one attached hydrogen (secondary N) is 1. The number of para-hydroxylation sites is 2. The number of rotatable bonds is 2. The van der Waals surface area contributed by atoms with Gasteiger partial charge in [-0.2, -0.15) is 0 Å². The SMILES string of the molecule is CC(C)(C)C(=O)Nc1ccccc1-c1cnc2ccccc2c1. The highest BCUT2D eigenvalue weighted by molar-refractivity contribution is 5.98. The van der Waals surface area contributed by atoms with Crippen molar-refractivity contribution >= 4 is 22.5 Å². The zero-order valence-electron chi connectivity index (χ0n) is 13.6. The highest BCUT2D eigenvalue weighted by Gasteiger charge is 2.22. The normalized spacial score (nSPS) is 11.4. The Bertz CT molecular complexity index is 863. The molecule has 0 saturated heterocycles. The monoisotopic (exact) mass is 304 g/mol. The van der Waals surface area contributed by atoms with E-state index in [9.17, 15) is 4.79 Å². The van der Waals surface area contributed by atoms with Crippen LogP contribution >= 0.6 is 0 Å². The molecule has 3 aromatic rings. The lowest BCUT2D eigenvalue weighted by Crippen LogP contribution is -2.27. The number of hydrogen-bond acceptors (Lipinski definition) is 2. The van der Waals surface area contributed by atoms with Crippen molar-refractivity contribution in [2.45, 2.75) is 20.8 Å². The molecule has 0 atom stereocenters. The minimum absolute atomic E-state index is 0.00121. The zero-order valence-corrected chi connectivity index (χ0v) is 13.6. The van der Waals surface area contributed by atoms with Gasteiger partial charge in [0.15, 0.2) is 0 Å². The molecule has 0 aliphatic carbocycles. The number of amides is 1. The summed E-state index contributed by atoms with van der Waals surface area (Å²) in [5.41, 5.74) is 3.31. The van der Waals surface area contributed by atoms with Crippen LogP contribution in [0.25, 0.3) is 22.0 Å². The van der Waals surface area contributed by atoms with Gasteiger partial charge in [-0.1, -0.05) is 57.2 Å². The smallest absolute Gasteiger partial charge is 0.229 e. The Balaban J connectivity index is 2.03. The van der Waals surface area contributed by atoms with Gasteiger partial charge < -0.3 is 5.32 Å². The van der Waals surface area contributed by atoms with Gasteiger partial charge in [0.1, 0.15) is 0 Å². The van der Waals surface area contributed by atoms with E-state index < -0.39 is 5.41 Å². The first-order chi connectivity index (χ1) is 10.9. The summed E-state index contributed by atoms with van der Waals surface area (Å²) in [6, 6.07) is 17.9. The number of pyridine rings is 1. The Hall–Kier alpha value is -2.68. The van der Waals surface area contributed by atoms with E-state index in [1.54, 1.807) is 0 Å². The largest absolute Gasteiger partial charge is 0.325 e. The van der Waals surface area contributed by atoms with Crippen LogP contribution in [0, 0.1) is 5.41 Å². The summed E-state index contributed by atoms with van der Waals surface area (Å²) in [5, 5.41) is 4.12. The Morgan fingerprint density at radius 2 is 1.70 bits per heavy atom. The number of benzene rings is 2. The van der Waals surface area contributed by atoms with E-state index in [1.807, 2.05) is 75.5 Å². The molecule has 0 fully saturated rings. The van der Waals surface area contributed by atoms with Crippen molar-refractivity contribution in [2.75, 3.05) is 5.32 Å². The first-order valence-corrected chi connectivity index (χ1v) is 7.71. The molecule has 1 amide bonds. The van der Waals surface area contributed by atoms with Crippen molar-refractivity contribution < 1.29 is 4.79 Å². The van der Waals surface area contributed by atoms with E-state index in [-0.39, 0.29) is 5.91 Å². The molecule has 3 heteroatoms. The maximum absolute atomic E-state index is 12.3. The van der Waals surface area contributed by atoms with Gasteiger partial charge in [0.05, 0.1) is 5.52 Å². The average Bonchev–Trinajstić information content (AvgIpc) is 2.54. The molecule has 3 rings (SSSR count). The third-order valence-electron chi connectivity index (χ3n) is 3.76. The van der Waals surface area contributed by atoms with Crippen molar-refractivity contribution in [1.82, 2.24) is 4.98 Å². The van der Waals surface area contributed by atoms with E-state index in [2.05, 4.69) is 16.4 Å². The molecule has 0 unspecified atom stereocenters. The lowest BCUT2D eigenvalue weighted by Gasteiger charge is -2.19. The number of anilines is 1. The van der Waals surface area contributed by atoms with E-state index in [4.69, 9.17) is 0 Å². The van der Waals surface area contributed by atoms with Gasteiger partial charge in [0, 0.05) is 33.8 Å². The predicted octanol–water partition coefficient (Wildman–Crippen LogP) is 4.89. The van der Waals surface area contributed by atoms with Gasteiger partial charge in [0.2, 0.25) is 5.91 Å². The van der Waals surface area contributed by atoms with E-state index >= 15 is 0 Å². The molecule has 116 valence electrons. The topological polar surface area (TPSA) is 42.0 Å². The van der Waals surface area contributed by atoms with Gasteiger partial charge >= 0.3 is 0 Å². The van der Waals surface area contributed by atoms with Crippen LogP contribution in [-0.2, 0) is 4.79 Å². The molecule has 0 bridgehead atoms. The molecule has 0 saturated carbocycles. The zero-order chi connectivity index (χ0) is 16.4. The number of carbonyl (C=O) groups is 1. The van der Waals surface area contributed by atoms with Crippen LogP contribution in [-0.4, -0.2) is 10.9 Å². The fraction of sp³-hybridized carbons (Fsp3) is 0.200. The average molecular weight is 304 g/mol. The Kier molecular flexibility index (Phi) is 3.87. The first-order valence-electron chi connectivity index (χ1n) is 7.71. The van der Waals surface area contributed by atoms with Crippen LogP contribution in [0.15, 0.2) is 60.8 Å². The highest BCUT2D eigenvalue weighted by Crippen LogP contribution is 2.30. The molecule has 0 aliphatic rings. The minimum Gasteiger partial charge on any atom is -0.325 e. The molecular formula is C20H20N2O. The second-order valence-electron chi connectivity index (χ2n) is 6.67. The van der Waals surface area contributed by atoms with Gasteiger partial charge in [-0.15, -0.1) is 0 Å². The van der Waals surface area contributed by atoms with Crippen LogP contribution in [0.1, 0.15) is 20.8 Å². The number of nitrogens with zero attached hydrogens (tertiary/aromatic N) is 1. The standard InChI is InChI=1S/C20H20N2O/c1-20(2,3)19(23)22-18-11-7-5-9-16(18)15-12-14-8-4-6-10-17(14)21-13-15/h4-13H,1-3H3,(H,22,23). The molecule has 2 aromatic carbocycles. The lowest BCUT2D eigenvalue weighted by molar-refractivity contribution is -0.123. The predicted molar refractivity (Wildman–Crippen MR) is 95.3 cm³/mol. The van der Waals surface area contributed by atoms with Crippen LogP contribution in [0.4, 0.5) is 5.69 Å². The van der Waals surface area contributed by atoms with Crippen LogP contribution < -0.4 is 5.32 Å². The summed E-state index contributed by atoms with van der Waals surface area (Å²) >= 11 is 0. The van der Waals surface area contributed by atoms with E-state index in [0.29, 0.717) is 0 Å². The van der Waals surface area contributed by atoms with Crippen LogP contribution in [0.3, 0.4) is 0 Å². The Labute approximate surface area is 136 Å². The second-order valence-corrected chi connectivity index (χ2v) is 6.67. The summed E-state index contributed by atoms with van der Waals surface area (Å²) in [4.78, 5) is 16.8. The van der Waals surface area contributed by atoms with Crippen molar-refractivity contribution in [3.8, 4) is 11.1 Å². The summed E-state index contributed by atoms with van der Waals surface area (Å²) in [7, 11) is 0. The molecule has 23 heavy (non-hydrogen) atoms. The fourth-order valence-corrected chi connectivity index (χ4v) is 2.37. The Morgan fingerprint density at radius 1 is 1.00 bits per heavy atom. The van der Waals surface area contributed by atoms with E-state index in [0.717, 1.165) is 27.7 Å². The van der Waals surface area contributed by atoms with Crippen molar-refractivity contribution in [3.05, 3.63) is 60.8 Å². The summed E-state index contributed by atoms with van der Waals surface area (Å²) in [6.45, 7) is 5.72. The maximum Gasteiger partial charge on any atom is 0.229 e. The highest BCUT2D eigenvalue weighted by atomic mass is 16.2. The van der Waals surface area contributed by atoms with Crippen molar-refractivity contribution in [3.63, 3.8) is 0 Å². The molecule has 0 radical (unpaired) electrons. The molecular weight excluding hydrogens is 284 g/mol. The van der Waals surface area contributed by atoms with Gasteiger partial charge in [0.25, 0.3) is 0 Å². The minimum atomic E-state index is -0.436. The van der Waals surface area contributed by atoms with Crippen LogP contribution in [0.5, 0.6) is 0 Å². The molecule has 0 aliphatic heterocycles. The number of carbonyl (C=O) groups excluding carboxylic acids is 1. The summed E-state index contributed by atoms with van der Waals surface area (Å²) in [5.74, 6) is -0.00121. The summed E-state index contributed by atoms with van der Waals surface area (Å²) < 4.78 is 0. The summed E-state index contributed by atoms with van der Waals surface area (Å²) in [6.07, 6.45) is 1.85. The van der Waals surface area contributed by atoms with E-state index in [1.165, 1.54) is 0 Å². The number of hydrogen-bond donors (Lipinski definition) is 1. The van der Waals surface area contributed by atoms with Gasteiger partial charge in [-0.05, 0) is 18.2 Å². The third-order valence-corrected chi connectivity index (χ3v) is 3.76. The fourth-order valence-electron chi connectivity index (χ4n) is 2.37. The van der Waals surface area contributed by atoms with Crippen LogP contribution in [0.2, 0.25) is 0 Å². The molecule has 3 nitrogen and oxygen atoms in total. The van der Waals surface area contributed by atoms with Crippen molar-refractivity contribution in [2.24, 2.45) is 5.41 Å². The molecule has 0 spiro atoms. The molecule has 1 heterocycles. The first kappa shape index (κ1) is 15.2. The molecule has 1 N–H and O–H groups in total. The number of fused-ring (bicyclic) bond motifs is 1. The molecule has 1 aromatic heterocycles. The van der Waals surface area contributed by atoms with Gasteiger partial charge in [-0.25, -0.2) is 0 Å². The Morgan fingerprint density at radius 3 is 2.48 bits per heavy atom. The quantitative estimate of drug-likeness (QED) is 0.732. The third kappa shape index (κ3) is 3.24. The van der Waals surface area contributed by atoms with Crippen molar-refractivity contribution in [1.29, 1.82) is 0 Å². The number of aromatic nitrogens is 1. The lowest BCUT2D eigenvalue weighted by atomic mass is 9.95. The van der Waals surface area contributed by atoms with Gasteiger partial charge in [-0.3, -0.25) is 9.78 Å². The maximum atomic E-state index is 12.3.